The maximum Gasteiger partial charge on any atom is 0.0592 e. The first-order valence-electron chi connectivity index (χ1n) is 5.47. The van der Waals surface area contributed by atoms with Crippen LogP contribution in [0.4, 0.5) is 11.4 Å². The Labute approximate surface area is 90.6 Å². The lowest BCUT2D eigenvalue weighted by Gasteiger charge is -2.16. The lowest BCUT2D eigenvalue weighted by atomic mass is 10.0. The molecule has 0 radical (unpaired) electrons. The highest BCUT2D eigenvalue weighted by Gasteiger charge is 2.23. The van der Waals surface area contributed by atoms with Gasteiger partial charge in [-0.3, -0.25) is 0 Å². The van der Waals surface area contributed by atoms with E-state index in [9.17, 15) is 0 Å². The summed E-state index contributed by atoms with van der Waals surface area (Å²) in [6.07, 6.45) is 1.50. The SMILES string of the molecule is CC1OCCC1CNc1ccccc1N. The molecule has 2 atom stereocenters. The van der Waals surface area contributed by atoms with Gasteiger partial charge in [0.2, 0.25) is 0 Å². The summed E-state index contributed by atoms with van der Waals surface area (Å²) in [7, 11) is 0. The van der Waals surface area contributed by atoms with Gasteiger partial charge in [0.15, 0.2) is 0 Å². The number of nitrogens with one attached hydrogen (secondary N) is 1. The normalized spacial score (nSPS) is 25.4. The molecule has 82 valence electrons. The molecule has 0 bridgehead atoms. The van der Waals surface area contributed by atoms with Crippen LogP contribution in [0.15, 0.2) is 24.3 Å². The molecular formula is C12H18N2O. The summed E-state index contributed by atoms with van der Waals surface area (Å²) in [5.41, 5.74) is 7.68. The second-order valence-corrected chi connectivity index (χ2v) is 4.09. The summed E-state index contributed by atoms with van der Waals surface area (Å²) >= 11 is 0. The third-order valence-electron chi connectivity index (χ3n) is 3.05. The first-order valence-corrected chi connectivity index (χ1v) is 5.47. The summed E-state index contributed by atoms with van der Waals surface area (Å²) < 4.78 is 5.51. The van der Waals surface area contributed by atoms with Crippen molar-refractivity contribution in [3.63, 3.8) is 0 Å². The summed E-state index contributed by atoms with van der Waals surface area (Å²) in [6, 6.07) is 7.86. The van der Waals surface area contributed by atoms with Gasteiger partial charge in [0.25, 0.3) is 0 Å². The molecule has 0 saturated carbocycles. The molecule has 1 aliphatic heterocycles. The van der Waals surface area contributed by atoms with Crippen LogP contribution >= 0.6 is 0 Å². The molecule has 0 spiro atoms. The first-order chi connectivity index (χ1) is 7.27. The third kappa shape index (κ3) is 2.42. The van der Waals surface area contributed by atoms with E-state index < -0.39 is 0 Å². The number of nitrogens with two attached hydrogens (primary N) is 1. The van der Waals surface area contributed by atoms with E-state index in [0.717, 1.165) is 30.9 Å². The van der Waals surface area contributed by atoms with Crippen molar-refractivity contribution in [1.29, 1.82) is 0 Å². The Morgan fingerprint density at radius 2 is 2.27 bits per heavy atom. The van der Waals surface area contributed by atoms with Gasteiger partial charge in [0, 0.05) is 19.1 Å². The summed E-state index contributed by atoms with van der Waals surface area (Å²) in [4.78, 5) is 0. The molecule has 0 aromatic heterocycles. The van der Waals surface area contributed by atoms with Crippen molar-refractivity contribution in [2.45, 2.75) is 19.4 Å². The molecule has 1 aliphatic rings. The van der Waals surface area contributed by atoms with Crippen molar-refractivity contribution in [3.05, 3.63) is 24.3 Å². The van der Waals surface area contributed by atoms with E-state index in [-0.39, 0.29) is 0 Å². The van der Waals surface area contributed by atoms with Gasteiger partial charge in [0.1, 0.15) is 0 Å². The maximum atomic E-state index is 5.85. The van der Waals surface area contributed by atoms with E-state index in [0.29, 0.717) is 12.0 Å². The van der Waals surface area contributed by atoms with Crippen LogP contribution in [-0.4, -0.2) is 19.3 Å². The van der Waals surface area contributed by atoms with E-state index >= 15 is 0 Å². The van der Waals surface area contributed by atoms with E-state index in [4.69, 9.17) is 10.5 Å². The number of para-hydroxylation sites is 2. The minimum atomic E-state index is 0.363. The first kappa shape index (κ1) is 10.3. The number of hydrogen-bond donors (Lipinski definition) is 2. The van der Waals surface area contributed by atoms with Gasteiger partial charge >= 0.3 is 0 Å². The third-order valence-corrected chi connectivity index (χ3v) is 3.05. The molecule has 3 heteroatoms. The molecule has 3 N–H and O–H groups in total. The second kappa shape index (κ2) is 4.53. The molecule has 0 aliphatic carbocycles. The fourth-order valence-corrected chi connectivity index (χ4v) is 1.94. The molecule has 1 aromatic carbocycles. The highest BCUT2D eigenvalue weighted by atomic mass is 16.5. The Morgan fingerprint density at radius 1 is 1.47 bits per heavy atom. The van der Waals surface area contributed by atoms with Crippen molar-refractivity contribution in [3.8, 4) is 0 Å². The van der Waals surface area contributed by atoms with Gasteiger partial charge in [-0.2, -0.15) is 0 Å². The zero-order valence-electron chi connectivity index (χ0n) is 9.07. The lowest BCUT2D eigenvalue weighted by Crippen LogP contribution is -2.21. The molecule has 1 saturated heterocycles. The minimum Gasteiger partial charge on any atom is -0.397 e. The van der Waals surface area contributed by atoms with Gasteiger partial charge in [-0.25, -0.2) is 0 Å². The highest BCUT2D eigenvalue weighted by Crippen LogP contribution is 2.23. The van der Waals surface area contributed by atoms with E-state index in [2.05, 4.69) is 12.2 Å². The average molecular weight is 206 g/mol. The molecule has 1 aromatic rings. The van der Waals surface area contributed by atoms with Gasteiger partial charge in [-0.05, 0) is 25.5 Å². The van der Waals surface area contributed by atoms with E-state index in [1.807, 2.05) is 24.3 Å². The van der Waals surface area contributed by atoms with Crippen LogP contribution in [0.2, 0.25) is 0 Å². The number of rotatable bonds is 3. The Balaban J connectivity index is 1.90. The lowest BCUT2D eigenvalue weighted by molar-refractivity contribution is 0.108. The number of hydrogen-bond acceptors (Lipinski definition) is 3. The minimum absolute atomic E-state index is 0.363. The van der Waals surface area contributed by atoms with Crippen LogP contribution in [0, 0.1) is 5.92 Å². The number of benzene rings is 1. The quantitative estimate of drug-likeness (QED) is 0.745. The standard InChI is InChI=1S/C12H18N2O/c1-9-10(6-7-15-9)8-14-12-5-3-2-4-11(12)13/h2-5,9-10,14H,6-8,13H2,1H3. The van der Waals surface area contributed by atoms with Crippen molar-refractivity contribution in [1.82, 2.24) is 0 Å². The predicted molar refractivity (Wildman–Crippen MR) is 62.9 cm³/mol. The number of ether oxygens (including phenoxy) is 1. The highest BCUT2D eigenvalue weighted by molar-refractivity contribution is 5.65. The van der Waals surface area contributed by atoms with Gasteiger partial charge in [-0.15, -0.1) is 0 Å². The molecule has 1 fully saturated rings. The molecule has 2 unspecified atom stereocenters. The van der Waals surface area contributed by atoms with Crippen LogP contribution in [0.1, 0.15) is 13.3 Å². The Bertz CT molecular complexity index is 327. The summed E-state index contributed by atoms with van der Waals surface area (Å²) in [6.45, 7) is 3.96. The van der Waals surface area contributed by atoms with E-state index in [1.54, 1.807) is 0 Å². The Kier molecular flexibility index (Phi) is 3.11. The van der Waals surface area contributed by atoms with Crippen molar-refractivity contribution < 1.29 is 4.74 Å². The zero-order valence-corrected chi connectivity index (χ0v) is 9.07. The van der Waals surface area contributed by atoms with E-state index in [1.165, 1.54) is 0 Å². The van der Waals surface area contributed by atoms with Crippen molar-refractivity contribution in [2.24, 2.45) is 5.92 Å². The van der Waals surface area contributed by atoms with Crippen LogP contribution < -0.4 is 11.1 Å². The fraction of sp³-hybridized carbons (Fsp3) is 0.500. The molecule has 15 heavy (non-hydrogen) atoms. The number of nitrogen functional groups attached to an aromatic ring is 1. The molecule has 2 rings (SSSR count). The second-order valence-electron chi connectivity index (χ2n) is 4.09. The maximum absolute atomic E-state index is 5.85. The monoisotopic (exact) mass is 206 g/mol. The van der Waals surface area contributed by atoms with Crippen LogP contribution in [0.5, 0.6) is 0 Å². The molecular weight excluding hydrogens is 188 g/mol. The largest absolute Gasteiger partial charge is 0.397 e. The van der Waals surface area contributed by atoms with Crippen molar-refractivity contribution in [2.75, 3.05) is 24.2 Å². The Hall–Kier alpha value is -1.22. The van der Waals surface area contributed by atoms with Gasteiger partial charge in [0.05, 0.1) is 17.5 Å². The molecule has 3 nitrogen and oxygen atoms in total. The van der Waals surface area contributed by atoms with Crippen LogP contribution in [0.3, 0.4) is 0 Å². The average Bonchev–Trinajstić information content (AvgIpc) is 2.63. The molecule has 1 heterocycles. The van der Waals surface area contributed by atoms with Crippen molar-refractivity contribution >= 4 is 11.4 Å². The number of anilines is 2. The summed E-state index contributed by atoms with van der Waals surface area (Å²) in [5, 5.41) is 3.38. The topological polar surface area (TPSA) is 47.3 Å². The fourth-order valence-electron chi connectivity index (χ4n) is 1.94. The predicted octanol–water partition coefficient (Wildman–Crippen LogP) is 2.11. The van der Waals surface area contributed by atoms with Gasteiger partial charge < -0.3 is 15.8 Å². The smallest absolute Gasteiger partial charge is 0.0592 e. The summed E-state index contributed by atoms with van der Waals surface area (Å²) in [5.74, 6) is 0.601. The van der Waals surface area contributed by atoms with Crippen LogP contribution in [-0.2, 0) is 4.74 Å². The van der Waals surface area contributed by atoms with Gasteiger partial charge in [-0.1, -0.05) is 12.1 Å². The molecule has 0 amide bonds. The zero-order chi connectivity index (χ0) is 10.7. The van der Waals surface area contributed by atoms with Crippen LogP contribution in [0.25, 0.3) is 0 Å². The Morgan fingerprint density at radius 3 is 2.93 bits per heavy atom.